The minimum absolute atomic E-state index is 0.605. The van der Waals surface area contributed by atoms with Crippen LogP contribution in [0.4, 0.5) is 0 Å². The van der Waals surface area contributed by atoms with Crippen LogP contribution in [0.15, 0.2) is 72.8 Å². The molecule has 4 nitrogen and oxygen atoms in total. The van der Waals surface area contributed by atoms with Crippen LogP contribution in [0.3, 0.4) is 0 Å². The van der Waals surface area contributed by atoms with Gasteiger partial charge in [-0.05, 0) is 136 Å². The van der Waals surface area contributed by atoms with Crippen LogP contribution in [-0.4, -0.2) is 9.13 Å². The summed E-state index contributed by atoms with van der Waals surface area (Å²) in [5.74, 6) is 2.88. The molecule has 0 radical (unpaired) electrons. The summed E-state index contributed by atoms with van der Waals surface area (Å²) in [6.07, 6.45) is 8.20. The molecule has 6 rings (SSSR count). The average Bonchev–Trinajstić information content (AvgIpc) is 3.49. The first kappa shape index (κ1) is 27.5. The Morgan fingerprint density at radius 3 is 1.20 bits per heavy atom. The molecule has 0 amide bonds. The minimum Gasteiger partial charge on any atom is -0.318 e. The smallest absolute Gasteiger partial charge is 0.0991 e. The number of hydrogen-bond donors (Lipinski definition) is 0. The van der Waals surface area contributed by atoms with Crippen LogP contribution in [0.1, 0.15) is 98.1 Å². The van der Waals surface area contributed by atoms with E-state index in [1.807, 2.05) is 48.5 Å². The quantitative estimate of drug-likeness (QED) is 0.250. The molecule has 4 heteroatoms. The van der Waals surface area contributed by atoms with Crippen molar-refractivity contribution < 1.29 is 0 Å². The van der Waals surface area contributed by atoms with Gasteiger partial charge in [-0.15, -0.1) is 0 Å². The summed E-state index contributed by atoms with van der Waals surface area (Å²) in [7, 11) is 0. The van der Waals surface area contributed by atoms with E-state index in [4.69, 9.17) is 10.5 Å². The lowest BCUT2D eigenvalue weighted by molar-refractivity contribution is 0.267. The highest BCUT2D eigenvalue weighted by Gasteiger charge is 2.28. The Balaban J connectivity index is 0.000000161. The normalized spacial score (nSPS) is 16.4. The molecule has 0 bridgehead atoms. The number of nitriles is 2. The maximum atomic E-state index is 8.91. The third kappa shape index (κ3) is 5.50. The van der Waals surface area contributed by atoms with E-state index in [1.165, 1.54) is 61.3 Å². The maximum absolute atomic E-state index is 8.91. The van der Waals surface area contributed by atoms with Crippen molar-refractivity contribution in [3.8, 4) is 23.5 Å². The predicted octanol–water partition coefficient (Wildman–Crippen LogP) is 9.12. The molecule has 2 aliphatic rings. The van der Waals surface area contributed by atoms with E-state index in [0.29, 0.717) is 23.0 Å². The number of aromatic nitrogens is 2. The van der Waals surface area contributed by atoms with Crippen molar-refractivity contribution in [1.82, 2.24) is 9.13 Å². The van der Waals surface area contributed by atoms with Gasteiger partial charge in [0.2, 0.25) is 0 Å². The molecule has 0 aliphatic heterocycles. The molecule has 0 spiro atoms. The van der Waals surface area contributed by atoms with Crippen LogP contribution in [0.5, 0.6) is 0 Å². The average molecular weight is 529 g/mol. The first-order valence-electron chi connectivity index (χ1n) is 14.8. The second-order valence-electron chi connectivity index (χ2n) is 11.7. The third-order valence-corrected chi connectivity index (χ3v) is 9.37. The van der Waals surface area contributed by atoms with Gasteiger partial charge in [0.25, 0.3) is 0 Å². The van der Waals surface area contributed by atoms with E-state index in [2.05, 4.69) is 73.2 Å². The summed E-state index contributed by atoms with van der Waals surface area (Å²) < 4.78 is 4.67. The van der Waals surface area contributed by atoms with E-state index >= 15 is 0 Å². The van der Waals surface area contributed by atoms with Gasteiger partial charge < -0.3 is 9.13 Å². The molecule has 2 heterocycles. The van der Waals surface area contributed by atoms with Crippen LogP contribution in [0, 0.1) is 48.3 Å². The Hall–Kier alpha value is -4.02. The largest absolute Gasteiger partial charge is 0.318 e. The van der Waals surface area contributed by atoms with Crippen LogP contribution in [0.2, 0.25) is 0 Å². The number of benzene rings is 2. The number of aryl methyl sites for hydroxylation is 2. The molecule has 2 aliphatic carbocycles. The molecule has 2 atom stereocenters. The molecule has 2 aromatic carbocycles. The Kier molecular flexibility index (Phi) is 8.27. The number of hydrogen-bond acceptors (Lipinski definition) is 2. The van der Waals surface area contributed by atoms with Crippen LogP contribution >= 0.6 is 0 Å². The van der Waals surface area contributed by atoms with Gasteiger partial charge in [-0.25, -0.2) is 0 Å². The van der Waals surface area contributed by atoms with Gasteiger partial charge >= 0.3 is 0 Å². The Labute approximate surface area is 239 Å². The van der Waals surface area contributed by atoms with Crippen molar-refractivity contribution in [3.63, 3.8) is 0 Å². The van der Waals surface area contributed by atoms with Gasteiger partial charge in [0.15, 0.2) is 0 Å². The highest BCUT2D eigenvalue weighted by molar-refractivity contribution is 5.44. The topological polar surface area (TPSA) is 57.4 Å². The van der Waals surface area contributed by atoms with E-state index < -0.39 is 0 Å². The van der Waals surface area contributed by atoms with Gasteiger partial charge in [-0.3, -0.25) is 0 Å². The maximum Gasteiger partial charge on any atom is 0.0991 e. The molecule has 2 fully saturated rings. The van der Waals surface area contributed by atoms with Gasteiger partial charge in [0.05, 0.1) is 23.3 Å². The molecule has 0 saturated heterocycles. The number of nitrogens with zero attached hydrogens (tertiary/aromatic N) is 4. The number of rotatable bonds is 6. The Morgan fingerprint density at radius 1 is 0.575 bits per heavy atom. The Morgan fingerprint density at radius 2 is 0.925 bits per heavy atom. The van der Waals surface area contributed by atoms with Gasteiger partial charge in [0, 0.05) is 34.2 Å². The second-order valence-corrected chi connectivity index (χ2v) is 11.7. The van der Waals surface area contributed by atoms with Crippen LogP contribution < -0.4 is 0 Å². The molecule has 2 aromatic heterocycles. The zero-order valence-electron chi connectivity index (χ0n) is 24.3. The Bertz CT molecular complexity index is 1400. The lowest BCUT2D eigenvalue weighted by atomic mass is 9.75. The summed E-state index contributed by atoms with van der Waals surface area (Å²) in [6.45, 7) is 8.99. The van der Waals surface area contributed by atoms with E-state index in [-0.39, 0.29) is 0 Å². The van der Waals surface area contributed by atoms with Crippen molar-refractivity contribution in [2.24, 2.45) is 11.8 Å². The molecule has 40 heavy (non-hydrogen) atoms. The summed E-state index contributed by atoms with van der Waals surface area (Å²) in [4.78, 5) is 0. The molecule has 204 valence electrons. The highest BCUT2D eigenvalue weighted by atomic mass is 15.0. The molecule has 0 N–H and O–H groups in total. The van der Waals surface area contributed by atoms with Crippen molar-refractivity contribution in [3.05, 3.63) is 107 Å². The van der Waals surface area contributed by atoms with Crippen molar-refractivity contribution >= 4 is 0 Å². The summed E-state index contributed by atoms with van der Waals surface area (Å²) in [5, 5.41) is 17.8. The van der Waals surface area contributed by atoms with Crippen LogP contribution in [0.25, 0.3) is 11.4 Å². The van der Waals surface area contributed by atoms with Crippen LogP contribution in [-0.2, 0) is 0 Å². The van der Waals surface area contributed by atoms with Crippen molar-refractivity contribution in [2.45, 2.75) is 78.1 Å². The fourth-order valence-corrected chi connectivity index (χ4v) is 6.27. The first-order valence-corrected chi connectivity index (χ1v) is 14.8. The van der Waals surface area contributed by atoms with Crippen molar-refractivity contribution in [2.75, 3.05) is 0 Å². The van der Waals surface area contributed by atoms with Gasteiger partial charge in [-0.1, -0.05) is 26.7 Å². The second kappa shape index (κ2) is 12.0. The molecular weight excluding hydrogens is 488 g/mol. The zero-order chi connectivity index (χ0) is 28.2. The van der Waals surface area contributed by atoms with Crippen molar-refractivity contribution in [1.29, 1.82) is 10.5 Å². The fourth-order valence-electron chi connectivity index (χ4n) is 6.27. The lowest BCUT2D eigenvalue weighted by Crippen LogP contribution is -2.20. The summed E-state index contributed by atoms with van der Waals surface area (Å²) >= 11 is 0. The van der Waals surface area contributed by atoms with E-state index in [0.717, 1.165) is 23.2 Å². The predicted molar refractivity (Wildman–Crippen MR) is 162 cm³/mol. The minimum atomic E-state index is 0.605. The zero-order valence-corrected chi connectivity index (χ0v) is 24.3. The summed E-state index contributed by atoms with van der Waals surface area (Å²) in [6, 6.07) is 29.0. The summed E-state index contributed by atoms with van der Waals surface area (Å²) in [5.41, 5.74) is 9.07. The van der Waals surface area contributed by atoms with Gasteiger partial charge in [0.1, 0.15) is 0 Å². The van der Waals surface area contributed by atoms with E-state index in [1.54, 1.807) is 0 Å². The standard InChI is InChI=1S/2C18H20N2/c2*1-13-6-11-18(14(2)16-4-3-5-16)20(13)17-9-7-15(12-19)8-10-17/h2*6-11,14,16H,3-5H2,1-2H3/t2*14-/m10/s1. The monoisotopic (exact) mass is 528 g/mol. The molecule has 2 saturated carbocycles. The third-order valence-electron chi connectivity index (χ3n) is 9.37. The molecule has 4 aromatic rings. The molecular formula is C36H40N4. The molecule has 0 unspecified atom stereocenters. The SMILES string of the molecule is Cc1ccc([C@@H](C)C2CCC2)n1-c1ccc(C#N)cc1.Cc1ccc([C@H](C)C2CCC2)n1-c1ccc(C#N)cc1. The van der Waals surface area contributed by atoms with E-state index in [9.17, 15) is 0 Å². The van der Waals surface area contributed by atoms with Gasteiger partial charge in [-0.2, -0.15) is 10.5 Å². The first-order chi connectivity index (χ1) is 19.4. The highest BCUT2D eigenvalue weighted by Crippen LogP contribution is 2.41. The lowest BCUT2D eigenvalue weighted by Gasteiger charge is -2.32. The fraction of sp³-hybridized carbons (Fsp3) is 0.389.